The van der Waals surface area contributed by atoms with Crippen molar-refractivity contribution in [3.05, 3.63) is 59.7 Å². The van der Waals surface area contributed by atoms with E-state index in [0.717, 1.165) is 23.9 Å². The molecule has 4 nitrogen and oxygen atoms in total. The van der Waals surface area contributed by atoms with E-state index < -0.39 is 0 Å². The molecule has 0 radical (unpaired) electrons. The van der Waals surface area contributed by atoms with Crippen LogP contribution >= 0.6 is 0 Å². The second-order valence-corrected chi connectivity index (χ2v) is 5.36. The first-order valence-electron chi connectivity index (χ1n) is 7.55. The van der Waals surface area contributed by atoms with Crippen LogP contribution in [0.5, 0.6) is 5.88 Å². The Hall–Kier alpha value is -2.33. The molecule has 2 aromatic carbocycles. The third-order valence-electron chi connectivity index (χ3n) is 4.04. The third-order valence-corrected chi connectivity index (χ3v) is 4.04. The van der Waals surface area contributed by atoms with E-state index in [1.807, 2.05) is 13.1 Å². The Bertz CT molecular complexity index is 736. The summed E-state index contributed by atoms with van der Waals surface area (Å²) in [5.74, 6) is 0.972. The Labute approximate surface area is 130 Å². The van der Waals surface area contributed by atoms with Crippen molar-refractivity contribution in [1.82, 2.24) is 15.5 Å². The van der Waals surface area contributed by atoms with Gasteiger partial charge in [0.2, 0.25) is 5.88 Å². The van der Waals surface area contributed by atoms with Crippen LogP contribution in [-0.4, -0.2) is 30.9 Å². The van der Waals surface area contributed by atoms with Gasteiger partial charge in [-0.25, -0.2) is 0 Å². The summed E-state index contributed by atoms with van der Waals surface area (Å²) in [6.45, 7) is 0.954. The number of aromatic amines is 1. The lowest BCUT2D eigenvalue weighted by Crippen LogP contribution is -2.13. The minimum atomic E-state index is 0.309. The number of H-pyrrole nitrogens is 1. The van der Waals surface area contributed by atoms with Gasteiger partial charge in [-0.2, -0.15) is 0 Å². The van der Waals surface area contributed by atoms with Crippen molar-refractivity contribution in [3.63, 3.8) is 0 Å². The molecule has 0 saturated carbocycles. The van der Waals surface area contributed by atoms with E-state index >= 15 is 0 Å². The van der Waals surface area contributed by atoms with E-state index in [2.05, 4.69) is 58.0 Å². The summed E-state index contributed by atoms with van der Waals surface area (Å²) in [6.07, 6.45) is 1.02. The number of ether oxygens (including phenoxy) is 1. The van der Waals surface area contributed by atoms with Crippen molar-refractivity contribution >= 4 is 10.9 Å². The minimum absolute atomic E-state index is 0.309. The maximum Gasteiger partial charge on any atom is 0.240 e. The first kappa shape index (κ1) is 14.6. The molecule has 1 atom stereocenters. The lowest BCUT2D eigenvalue weighted by molar-refractivity contribution is 0.401. The van der Waals surface area contributed by atoms with E-state index in [9.17, 15) is 0 Å². The fourth-order valence-corrected chi connectivity index (χ4v) is 2.98. The monoisotopic (exact) mass is 295 g/mol. The molecule has 0 fully saturated rings. The highest BCUT2D eigenvalue weighted by atomic mass is 16.5. The topological polar surface area (TPSA) is 49.9 Å². The van der Waals surface area contributed by atoms with Crippen LogP contribution in [-0.2, 0) is 0 Å². The quantitative estimate of drug-likeness (QED) is 0.733. The molecular weight excluding hydrogens is 274 g/mol. The zero-order valence-corrected chi connectivity index (χ0v) is 13.0. The van der Waals surface area contributed by atoms with Gasteiger partial charge in [0, 0.05) is 5.92 Å². The first-order chi connectivity index (χ1) is 10.8. The van der Waals surface area contributed by atoms with Crippen molar-refractivity contribution in [2.24, 2.45) is 0 Å². The van der Waals surface area contributed by atoms with Crippen LogP contribution in [0.25, 0.3) is 10.9 Å². The second-order valence-electron chi connectivity index (χ2n) is 5.36. The normalized spacial score (nSPS) is 12.5. The van der Waals surface area contributed by atoms with Gasteiger partial charge in [0.25, 0.3) is 0 Å². The summed E-state index contributed by atoms with van der Waals surface area (Å²) in [4.78, 5) is 0. The summed E-state index contributed by atoms with van der Waals surface area (Å²) in [5, 5.41) is 11.7. The molecule has 0 aliphatic carbocycles. The Morgan fingerprint density at radius 1 is 1.14 bits per heavy atom. The van der Waals surface area contributed by atoms with Crippen molar-refractivity contribution in [2.45, 2.75) is 12.3 Å². The van der Waals surface area contributed by atoms with Gasteiger partial charge in [0.1, 0.15) is 0 Å². The standard InChI is InChI=1S/C18H21N3O/c1-19-12-11-14(13-7-4-3-5-8-13)15-9-6-10-16-17(15)18(22-2)21-20-16/h3-10,14,19H,11-12H2,1-2H3,(H,20,21). The zero-order valence-electron chi connectivity index (χ0n) is 13.0. The van der Waals surface area contributed by atoms with Crippen molar-refractivity contribution < 1.29 is 4.74 Å². The average Bonchev–Trinajstić information content (AvgIpc) is 3.00. The first-order valence-corrected chi connectivity index (χ1v) is 7.55. The highest BCUT2D eigenvalue weighted by Gasteiger charge is 2.20. The molecule has 22 heavy (non-hydrogen) atoms. The van der Waals surface area contributed by atoms with Gasteiger partial charge in [0.15, 0.2) is 0 Å². The number of hydrogen-bond acceptors (Lipinski definition) is 3. The van der Waals surface area contributed by atoms with Gasteiger partial charge in [-0.1, -0.05) is 42.5 Å². The van der Waals surface area contributed by atoms with Gasteiger partial charge in [0.05, 0.1) is 18.0 Å². The van der Waals surface area contributed by atoms with Crippen molar-refractivity contribution in [1.29, 1.82) is 0 Å². The van der Waals surface area contributed by atoms with E-state index in [0.29, 0.717) is 11.8 Å². The lowest BCUT2D eigenvalue weighted by atomic mass is 9.86. The van der Waals surface area contributed by atoms with Crippen LogP contribution in [0.4, 0.5) is 0 Å². The number of nitrogens with zero attached hydrogens (tertiary/aromatic N) is 1. The predicted molar refractivity (Wildman–Crippen MR) is 89.5 cm³/mol. The Morgan fingerprint density at radius 2 is 1.95 bits per heavy atom. The van der Waals surface area contributed by atoms with E-state index in [1.165, 1.54) is 11.1 Å². The Kier molecular flexibility index (Phi) is 4.39. The largest absolute Gasteiger partial charge is 0.479 e. The molecule has 1 aromatic heterocycles. The highest BCUT2D eigenvalue weighted by Crippen LogP contribution is 2.36. The van der Waals surface area contributed by atoms with Crippen LogP contribution < -0.4 is 10.1 Å². The lowest BCUT2D eigenvalue weighted by Gasteiger charge is -2.19. The fourth-order valence-electron chi connectivity index (χ4n) is 2.98. The van der Waals surface area contributed by atoms with Gasteiger partial charge in [-0.15, -0.1) is 5.10 Å². The molecule has 1 heterocycles. The zero-order chi connectivity index (χ0) is 15.4. The molecule has 2 N–H and O–H groups in total. The molecule has 0 aliphatic rings. The Balaban J connectivity index is 2.13. The number of methoxy groups -OCH3 is 1. The molecule has 1 unspecified atom stereocenters. The fraction of sp³-hybridized carbons (Fsp3) is 0.278. The molecule has 0 bridgehead atoms. The second kappa shape index (κ2) is 6.62. The molecule has 114 valence electrons. The van der Waals surface area contributed by atoms with Crippen LogP contribution in [0.3, 0.4) is 0 Å². The SMILES string of the molecule is CNCCC(c1ccccc1)c1cccc2[nH]nc(OC)c12. The molecule has 3 rings (SSSR count). The van der Waals surface area contributed by atoms with Crippen molar-refractivity contribution in [2.75, 3.05) is 20.7 Å². The minimum Gasteiger partial charge on any atom is -0.479 e. The number of nitrogens with one attached hydrogen (secondary N) is 2. The number of hydrogen-bond donors (Lipinski definition) is 2. The van der Waals surface area contributed by atoms with E-state index in [-0.39, 0.29) is 0 Å². The maximum absolute atomic E-state index is 5.44. The molecule has 4 heteroatoms. The molecule has 0 saturated heterocycles. The average molecular weight is 295 g/mol. The molecular formula is C18H21N3O. The maximum atomic E-state index is 5.44. The van der Waals surface area contributed by atoms with Crippen LogP contribution in [0.1, 0.15) is 23.5 Å². The number of benzene rings is 2. The summed E-state index contributed by atoms with van der Waals surface area (Å²) >= 11 is 0. The summed E-state index contributed by atoms with van der Waals surface area (Å²) in [6, 6.07) is 16.9. The Morgan fingerprint density at radius 3 is 2.68 bits per heavy atom. The molecule has 0 spiro atoms. The smallest absolute Gasteiger partial charge is 0.240 e. The van der Waals surface area contributed by atoms with Gasteiger partial charge < -0.3 is 10.1 Å². The molecule has 3 aromatic rings. The summed E-state index contributed by atoms with van der Waals surface area (Å²) in [7, 11) is 3.65. The number of aromatic nitrogens is 2. The number of rotatable bonds is 6. The van der Waals surface area contributed by atoms with Crippen LogP contribution in [0, 0.1) is 0 Å². The third kappa shape index (κ3) is 2.70. The number of fused-ring (bicyclic) bond motifs is 1. The molecule has 0 aliphatic heterocycles. The predicted octanol–water partition coefficient (Wildman–Crippen LogP) is 3.31. The molecule has 0 amide bonds. The summed E-state index contributed by atoms with van der Waals surface area (Å²) in [5.41, 5.74) is 3.58. The van der Waals surface area contributed by atoms with Crippen LogP contribution in [0.2, 0.25) is 0 Å². The summed E-state index contributed by atoms with van der Waals surface area (Å²) < 4.78 is 5.44. The van der Waals surface area contributed by atoms with Gasteiger partial charge in [-0.05, 0) is 37.2 Å². The van der Waals surface area contributed by atoms with E-state index in [1.54, 1.807) is 7.11 Å². The van der Waals surface area contributed by atoms with E-state index in [4.69, 9.17) is 4.74 Å². The highest BCUT2D eigenvalue weighted by molar-refractivity contribution is 5.88. The van der Waals surface area contributed by atoms with Gasteiger partial charge >= 0.3 is 0 Å². The van der Waals surface area contributed by atoms with Gasteiger partial charge in [-0.3, -0.25) is 5.10 Å². The van der Waals surface area contributed by atoms with Crippen molar-refractivity contribution in [3.8, 4) is 5.88 Å². The van der Waals surface area contributed by atoms with Crippen LogP contribution in [0.15, 0.2) is 48.5 Å².